The number of hydrogen-bond acceptors (Lipinski definition) is 2. The van der Waals surface area contributed by atoms with E-state index in [2.05, 4.69) is 11.4 Å². The zero-order valence-electron chi connectivity index (χ0n) is 12.5. The number of aryl methyl sites for hydroxylation is 1. The highest BCUT2D eigenvalue weighted by atomic mass is 16.1. The van der Waals surface area contributed by atoms with Gasteiger partial charge in [0.05, 0.1) is 6.04 Å². The van der Waals surface area contributed by atoms with Crippen molar-refractivity contribution in [2.24, 2.45) is 5.73 Å². The van der Waals surface area contributed by atoms with Gasteiger partial charge in [-0.25, -0.2) is 0 Å². The van der Waals surface area contributed by atoms with E-state index in [-0.39, 0.29) is 18.0 Å². The second-order valence-electron chi connectivity index (χ2n) is 5.42. The van der Waals surface area contributed by atoms with Crippen LogP contribution in [0, 0.1) is 6.92 Å². The summed E-state index contributed by atoms with van der Waals surface area (Å²) in [4.78, 5) is 12.1. The van der Waals surface area contributed by atoms with Crippen LogP contribution in [0.1, 0.15) is 42.1 Å². The zero-order valence-corrected chi connectivity index (χ0v) is 12.5. The average molecular weight is 282 g/mol. The number of benzene rings is 2. The molecule has 0 aromatic heterocycles. The van der Waals surface area contributed by atoms with Crippen LogP contribution in [-0.2, 0) is 4.79 Å². The Morgan fingerprint density at radius 3 is 2.43 bits per heavy atom. The van der Waals surface area contributed by atoms with Gasteiger partial charge in [-0.1, -0.05) is 60.2 Å². The number of amides is 1. The highest BCUT2D eigenvalue weighted by Crippen LogP contribution is 2.16. The van der Waals surface area contributed by atoms with Crippen molar-refractivity contribution in [2.75, 3.05) is 0 Å². The largest absolute Gasteiger partial charge is 0.350 e. The molecule has 3 N–H and O–H groups in total. The molecule has 2 rings (SSSR count). The third-order valence-electron chi connectivity index (χ3n) is 3.55. The first kappa shape index (κ1) is 15.3. The molecule has 0 radical (unpaired) electrons. The van der Waals surface area contributed by atoms with Gasteiger partial charge in [-0.15, -0.1) is 0 Å². The number of carbonyl (C=O) groups is 1. The van der Waals surface area contributed by atoms with Crippen LogP contribution in [0.2, 0.25) is 0 Å². The maximum atomic E-state index is 12.1. The van der Waals surface area contributed by atoms with Crippen molar-refractivity contribution in [3.05, 3.63) is 71.3 Å². The third kappa shape index (κ3) is 4.43. The summed E-state index contributed by atoms with van der Waals surface area (Å²) >= 11 is 0. The van der Waals surface area contributed by atoms with E-state index in [1.807, 2.05) is 62.4 Å². The van der Waals surface area contributed by atoms with Crippen molar-refractivity contribution >= 4 is 5.91 Å². The SMILES string of the molecule is Cc1cccc([C@@H](C)NC(=O)CC(N)c2ccccc2)c1. The highest BCUT2D eigenvalue weighted by molar-refractivity contribution is 5.77. The lowest BCUT2D eigenvalue weighted by atomic mass is 10.0. The van der Waals surface area contributed by atoms with Crippen molar-refractivity contribution in [1.29, 1.82) is 0 Å². The Kier molecular flexibility index (Phi) is 5.12. The van der Waals surface area contributed by atoms with Gasteiger partial charge >= 0.3 is 0 Å². The lowest BCUT2D eigenvalue weighted by Crippen LogP contribution is -2.29. The first-order valence-electron chi connectivity index (χ1n) is 7.22. The third-order valence-corrected chi connectivity index (χ3v) is 3.55. The molecule has 3 nitrogen and oxygen atoms in total. The summed E-state index contributed by atoms with van der Waals surface area (Å²) in [5, 5.41) is 3.01. The quantitative estimate of drug-likeness (QED) is 0.884. The van der Waals surface area contributed by atoms with Gasteiger partial charge in [-0.3, -0.25) is 4.79 Å². The van der Waals surface area contributed by atoms with Crippen molar-refractivity contribution in [1.82, 2.24) is 5.32 Å². The topological polar surface area (TPSA) is 55.1 Å². The van der Waals surface area contributed by atoms with E-state index >= 15 is 0 Å². The van der Waals surface area contributed by atoms with Crippen LogP contribution < -0.4 is 11.1 Å². The summed E-state index contributed by atoms with van der Waals surface area (Å²) in [6.07, 6.45) is 0.292. The number of nitrogens with one attached hydrogen (secondary N) is 1. The number of hydrogen-bond donors (Lipinski definition) is 2. The fourth-order valence-corrected chi connectivity index (χ4v) is 2.34. The van der Waals surface area contributed by atoms with Gasteiger partial charge < -0.3 is 11.1 Å². The van der Waals surface area contributed by atoms with Gasteiger partial charge in [-0.05, 0) is 25.0 Å². The predicted octanol–water partition coefficient (Wildman–Crippen LogP) is 3.26. The van der Waals surface area contributed by atoms with Gasteiger partial charge in [0.15, 0.2) is 0 Å². The van der Waals surface area contributed by atoms with E-state index in [1.165, 1.54) is 5.56 Å². The molecule has 0 spiro atoms. The van der Waals surface area contributed by atoms with E-state index < -0.39 is 0 Å². The number of rotatable bonds is 5. The molecule has 0 heterocycles. The minimum atomic E-state index is -0.268. The molecule has 110 valence electrons. The summed E-state index contributed by atoms with van der Waals surface area (Å²) in [5.41, 5.74) is 9.35. The van der Waals surface area contributed by atoms with Crippen LogP contribution in [-0.4, -0.2) is 5.91 Å². The summed E-state index contributed by atoms with van der Waals surface area (Å²) in [6, 6.07) is 17.6. The van der Waals surface area contributed by atoms with Crippen molar-refractivity contribution in [3.8, 4) is 0 Å². The molecule has 0 fully saturated rings. The summed E-state index contributed by atoms with van der Waals surface area (Å²) < 4.78 is 0. The van der Waals surface area contributed by atoms with Crippen LogP contribution in [0.15, 0.2) is 54.6 Å². The van der Waals surface area contributed by atoms with Crippen molar-refractivity contribution < 1.29 is 4.79 Å². The molecule has 21 heavy (non-hydrogen) atoms. The normalized spacial score (nSPS) is 13.5. The standard InChI is InChI=1S/C18H22N2O/c1-13-7-6-10-16(11-13)14(2)20-18(21)12-17(19)15-8-4-3-5-9-15/h3-11,14,17H,12,19H2,1-2H3,(H,20,21)/t14-,17?/m1/s1. The van der Waals surface area contributed by atoms with E-state index in [4.69, 9.17) is 5.73 Å². The molecule has 2 atom stereocenters. The van der Waals surface area contributed by atoms with Crippen LogP contribution in [0.25, 0.3) is 0 Å². The summed E-state index contributed by atoms with van der Waals surface area (Å²) in [7, 11) is 0. The fourth-order valence-electron chi connectivity index (χ4n) is 2.34. The Labute approximate surface area is 126 Å². The van der Waals surface area contributed by atoms with E-state index in [0.717, 1.165) is 11.1 Å². The van der Waals surface area contributed by atoms with Crippen LogP contribution in [0.4, 0.5) is 0 Å². The Morgan fingerprint density at radius 1 is 1.10 bits per heavy atom. The second-order valence-corrected chi connectivity index (χ2v) is 5.42. The lowest BCUT2D eigenvalue weighted by molar-refractivity contribution is -0.122. The van der Waals surface area contributed by atoms with E-state index in [9.17, 15) is 4.79 Å². The van der Waals surface area contributed by atoms with Crippen LogP contribution in [0.3, 0.4) is 0 Å². The summed E-state index contributed by atoms with van der Waals surface area (Å²) in [6.45, 7) is 4.03. The molecule has 0 saturated carbocycles. The van der Waals surface area contributed by atoms with Gasteiger partial charge in [0.1, 0.15) is 0 Å². The lowest BCUT2D eigenvalue weighted by Gasteiger charge is -2.17. The predicted molar refractivity (Wildman–Crippen MR) is 85.7 cm³/mol. The van der Waals surface area contributed by atoms with Crippen molar-refractivity contribution in [3.63, 3.8) is 0 Å². The molecule has 2 aromatic rings. The Hall–Kier alpha value is -2.13. The molecule has 1 amide bonds. The molecule has 0 aliphatic rings. The van der Waals surface area contributed by atoms with E-state index in [1.54, 1.807) is 0 Å². The zero-order chi connectivity index (χ0) is 15.2. The minimum absolute atomic E-state index is 0.0135. The molecule has 3 heteroatoms. The average Bonchev–Trinajstić information content (AvgIpc) is 2.48. The Balaban J connectivity index is 1.92. The molecular weight excluding hydrogens is 260 g/mol. The van der Waals surface area contributed by atoms with Crippen LogP contribution in [0.5, 0.6) is 0 Å². The molecule has 2 aromatic carbocycles. The molecule has 0 saturated heterocycles. The van der Waals surface area contributed by atoms with E-state index in [0.29, 0.717) is 6.42 Å². The van der Waals surface area contributed by atoms with Gasteiger partial charge in [0, 0.05) is 12.5 Å². The number of nitrogens with two attached hydrogens (primary N) is 1. The monoisotopic (exact) mass is 282 g/mol. The first-order valence-corrected chi connectivity index (χ1v) is 7.22. The number of carbonyl (C=O) groups excluding carboxylic acids is 1. The van der Waals surface area contributed by atoms with Gasteiger partial charge in [0.25, 0.3) is 0 Å². The Morgan fingerprint density at radius 2 is 1.76 bits per heavy atom. The molecule has 0 aliphatic carbocycles. The summed E-state index contributed by atoms with van der Waals surface area (Å²) in [5.74, 6) is -0.0274. The van der Waals surface area contributed by atoms with Crippen molar-refractivity contribution in [2.45, 2.75) is 32.4 Å². The van der Waals surface area contributed by atoms with Gasteiger partial charge in [-0.2, -0.15) is 0 Å². The fraction of sp³-hybridized carbons (Fsp3) is 0.278. The molecule has 0 bridgehead atoms. The molecule has 0 aliphatic heterocycles. The van der Waals surface area contributed by atoms with Crippen LogP contribution >= 0.6 is 0 Å². The Bertz CT molecular complexity index is 595. The van der Waals surface area contributed by atoms with Gasteiger partial charge in [0.2, 0.25) is 5.91 Å². The smallest absolute Gasteiger partial charge is 0.222 e. The maximum absolute atomic E-state index is 12.1. The first-order chi connectivity index (χ1) is 10.1. The minimum Gasteiger partial charge on any atom is -0.350 e. The molecular formula is C18H22N2O. The highest BCUT2D eigenvalue weighted by Gasteiger charge is 2.14. The second kappa shape index (κ2) is 7.04. The molecule has 1 unspecified atom stereocenters. The maximum Gasteiger partial charge on any atom is 0.222 e.